The zero-order valence-corrected chi connectivity index (χ0v) is 15.1. The zero-order valence-electron chi connectivity index (χ0n) is 15.1. The van der Waals surface area contributed by atoms with Crippen molar-refractivity contribution in [2.75, 3.05) is 52.6 Å². The second-order valence-corrected chi connectivity index (χ2v) is 7.30. The molecule has 0 saturated carbocycles. The number of rotatable bonds is 4. The van der Waals surface area contributed by atoms with E-state index in [9.17, 15) is 10.2 Å². The largest absolute Gasteiger partial charge is 0.507 e. The Morgan fingerprint density at radius 2 is 1.04 bits per heavy atom. The van der Waals surface area contributed by atoms with Gasteiger partial charge in [0.05, 0.1) is 37.6 Å². The Hall–Kier alpha value is -1.86. The molecule has 2 heterocycles. The third kappa shape index (κ3) is 3.64. The fraction of sp³-hybridized carbons (Fsp3) is 0.500. The van der Waals surface area contributed by atoms with Crippen molar-refractivity contribution < 1.29 is 29.5 Å². The summed E-state index contributed by atoms with van der Waals surface area (Å²) in [6.07, 6.45) is 0. The Morgan fingerprint density at radius 1 is 0.654 bits per heavy atom. The molecule has 2 saturated heterocycles. The summed E-state index contributed by atoms with van der Waals surface area (Å²) >= 11 is 0. The van der Waals surface area contributed by atoms with Crippen LogP contribution in [0.15, 0.2) is 24.3 Å². The number of benzene rings is 2. The van der Waals surface area contributed by atoms with E-state index in [1.165, 1.54) is 9.80 Å². The molecule has 6 heteroatoms. The summed E-state index contributed by atoms with van der Waals surface area (Å²) < 4.78 is 10.9. The van der Waals surface area contributed by atoms with Crippen LogP contribution in [0.4, 0.5) is 0 Å². The fourth-order valence-corrected chi connectivity index (χ4v) is 4.05. The maximum atomic E-state index is 10.5. The molecule has 0 bridgehead atoms. The van der Waals surface area contributed by atoms with E-state index in [1.807, 2.05) is 12.1 Å². The van der Waals surface area contributed by atoms with Gasteiger partial charge in [-0.05, 0) is 22.9 Å². The van der Waals surface area contributed by atoms with E-state index < -0.39 is 0 Å². The number of quaternary nitrogens is 2. The maximum absolute atomic E-state index is 10.5. The van der Waals surface area contributed by atoms with Gasteiger partial charge in [0.1, 0.15) is 50.8 Å². The number of hydrogen-bond acceptors (Lipinski definition) is 4. The number of hydrogen-bond donors (Lipinski definition) is 4. The first-order valence-corrected chi connectivity index (χ1v) is 9.50. The summed E-state index contributed by atoms with van der Waals surface area (Å²) in [7, 11) is 0. The minimum absolute atomic E-state index is 0.340. The predicted octanol–water partition coefficient (Wildman–Crippen LogP) is -0.919. The second-order valence-electron chi connectivity index (χ2n) is 7.30. The van der Waals surface area contributed by atoms with Crippen LogP contribution in [0, 0.1) is 0 Å². The van der Waals surface area contributed by atoms with Crippen molar-refractivity contribution in [2.45, 2.75) is 13.1 Å². The van der Waals surface area contributed by atoms with Crippen molar-refractivity contribution in [3.63, 3.8) is 0 Å². The Balaban J connectivity index is 1.68. The van der Waals surface area contributed by atoms with Gasteiger partial charge in [-0.1, -0.05) is 12.1 Å². The van der Waals surface area contributed by atoms with E-state index in [4.69, 9.17) is 9.47 Å². The van der Waals surface area contributed by atoms with Crippen LogP contribution in [0.1, 0.15) is 11.1 Å². The molecule has 2 aromatic carbocycles. The van der Waals surface area contributed by atoms with Gasteiger partial charge >= 0.3 is 0 Å². The third-order valence-corrected chi connectivity index (χ3v) is 5.63. The molecule has 0 spiro atoms. The number of nitrogens with one attached hydrogen (secondary N) is 2. The van der Waals surface area contributed by atoms with Crippen molar-refractivity contribution in [2.24, 2.45) is 0 Å². The van der Waals surface area contributed by atoms with E-state index in [1.54, 1.807) is 12.1 Å². The first-order valence-electron chi connectivity index (χ1n) is 9.50. The summed E-state index contributed by atoms with van der Waals surface area (Å²) in [6, 6.07) is 7.43. The highest BCUT2D eigenvalue weighted by molar-refractivity contribution is 5.91. The molecule has 2 fully saturated rings. The van der Waals surface area contributed by atoms with Crippen LogP contribution >= 0.6 is 0 Å². The van der Waals surface area contributed by atoms with Gasteiger partial charge in [-0.15, -0.1) is 0 Å². The topological polar surface area (TPSA) is 67.8 Å². The summed E-state index contributed by atoms with van der Waals surface area (Å²) in [5.41, 5.74) is 1.94. The molecule has 0 aromatic heterocycles. The number of ether oxygens (including phenoxy) is 2. The molecule has 2 aromatic rings. The lowest BCUT2D eigenvalue weighted by Gasteiger charge is -2.26. The lowest BCUT2D eigenvalue weighted by molar-refractivity contribution is -0.921. The van der Waals surface area contributed by atoms with Crippen molar-refractivity contribution >= 4 is 10.8 Å². The molecule has 0 atom stereocenters. The van der Waals surface area contributed by atoms with E-state index in [-0.39, 0.29) is 0 Å². The zero-order chi connectivity index (χ0) is 17.9. The van der Waals surface area contributed by atoms with Gasteiger partial charge in [-0.3, -0.25) is 0 Å². The molecule has 4 N–H and O–H groups in total. The first-order chi connectivity index (χ1) is 12.7. The van der Waals surface area contributed by atoms with Crippen LogP contribution < -0.4 is 9.80 Å². The second kappa shape index (κ2) is 7.80. The molecule has 0 aliphatic carbocycles. The number of aromatic hydroxyl groups is 2. The summed E-state index contributed by atoms with van der Waals surface area (Å²) in [5, 5.41) is 23.1. The molecule has 26 heavy (non-hydrogen) atoms. The lowest BCUT2D eigenvalue weighted by Crippen LogP contribution is -3.12. The molecule has 2 aliphatic heterocycles. The molecule has 6 nitrogen and oxygen atoms in total. The van der Waals surface area contributed by atoms with Crippen LogP contribution in [0.3, 0.4) is 0 Å². The monoisotopic (exact) mass is 360 g/mol. The predicted molar refractivity (Wildman–Crippen MR) is 97.7 cm³/mol. The maximum Gasteiger partial charge on any atom is 0.125 e. The fourth-order valence-electron chi connectivity index (χ4n) is 4.05. The Labute approximate surface area is 153 Å². The van der Waals surface area contributed by atoms with Gasteiger partial charge in [-0.2, -0.15) is 0 Å². The van der Waals surface area contributed by atoms with E-state index in [0.29, 0.717) is 11.5 Å². The van der Waals surface area contributed by atoms with Crippen LogP contribution in [0.25, 0.3) is 10.8 Å². The third-order valence-electron chi connectivity index (χ3n) is 5.63. The van der Waals surface area contributed by atoms with Crippen molar-refractivity contribution in [3.8, 4) is 11.5 Å². The van der Waals surface area contributed by atoms with Crippen LogP contribution in [0.5, 0.6) is 11.5 Å². The molecule has 140 valence electrons. The Bertz CT molecular complexity index is 703. The van der Waals surface area contributed by atoms with Crippen molar-refractivity contribution in [1.29, 1.82) is 0 Å². The molecule has 2 aliphatic rings. The molecular formula is C20H28N2O4+2. The highest BCUT2D eigenvalue weighted by Gasteiger charge is 2.22. The average Bonchev–Trinajstić information content (AvgIpc) is 2.68. The SMILES string of the molecule is Oc1ccc2c(C[NH+]3CCOCC3)c(O)ccc2c1C[NH+]1CCOCC1. The first kappa shape index (κ1) is 17.5. The van der Waals surface area contributed by atoms with Gasteiger partial charge in [0, 0.05) is 0 Å². The van der Waals surface area contributed by atoms with Crippen molar-refractivity contribution in [3.05, 3.63) is 35.4 Å². The van der Waals surface area contributed by atoms with Gasteiger partial charge in [0.25, 0.3) is 0 Å². The normalized spacial score (nSPS) is 19.8. The summed E-state index contributed by atoms with van der Waals surface area (Å²) in [6.45, 7) is 8.47. The van der Waals surface area contributed by atoms with E-state index in [2.05, 4.69) is 0 Å². The number of phenolic OH excluding ortho intramolecular Hbond substituents is 2. The number of morpholine rings is 2. The molecule has 0 radical (unpaired) electrons. The molecule has 0 unspecified atom stereocenters. The Kier molecular flexibility index (Phi) is 5.26. The highest BCUT2D eigenvalue weighted by Crippen LogP contribution is 2.33. The minimum atomic E-state index is 0.340. The molecule has 4 rings (SSSR count). The molecular weight excluding hydrogens is 332 g/mol. The van der Waals surface area contributed by atoms with Gasteiger partial charge in [0.15, 0.2) is 0 Å². The molecule has 0 amide bonds. The van der Waals surface area contributed by atoms with E-state index >= 15 is 0 Å². The Morgan fingerprint density at radius 3 is 1.42 bits per heavy atom. The van der Waals surface area contributed by atoms with Crippen LogP contribution in [-0.4, -0.2) is 62.8 Å². The number of phenols is 2. The summed E-state index contributed by atoms with van der Waals surface area (Å²) in [5.74, 6) is 0.679. The number of fused-ring (bicyclic) bond motifs is 1. The minimum Gasteiger partial charge on any atom is -0.507 e. The van der Waals surface area contributed by atoms with Gasteiger partial charge < -0.3 is 29.5 Å². The van der Waals surface area contributed by atoms with E-state index in [0.717, 1.165) is 87.6 Å². The highest BCUT2D eigenvalue weighted by atomic mass is 16.5. The van der Waals surface area contributed by atoms with Gasteiger partial charge in [0.2, 0.25) is 0 Å². The quantitative estimate of drug-likeness (QED) is 0.570. The summed E-state index contributed by atoms with van der Waals surface area (Å²) in [4.78, 5) is 2.85. The lowest BCUT2D eigenvalue weighted by atomic mass is 9.97. The van der Waals surface area contributed by atoms with Crippen LogP contribution in [0.2, 0.25) is 0 Å². The standard InChI is InChI=1S/C20H26N2O4/c23-19-3-1-15-16(18(19)14-22-7-11-26-12-8-22)2-4-20(24)17(15)13-21-5-9-25-10-6-21/h1-4,23-24H,5-14H2/p+2. The van der Waals surface area contributed by atoms with Crippen molar-refractivity contribution in [1.82, 2.24) is 0 Å². The smallest absolute Gasteiger partial charge is 0.125 e. The van der Waals surface area contributed by atoms with Gasteiger partial charge in [-0.25, -0.2) is 0 Å². The average molecular weight is 360 g/mol. The van der Waals surface area contributed by atoms with Crippen LogP contribution in [-0.2, 0) is 22.6 Å².